The Bertz CT molecular complexity index is 675. The number of benzene rings is 1. The molecule has 2 nitrogen and oxygen atoms in total. The van der Waals surface area contributed by atoms with Crippen LogP contribution >= 0.6 is 0 Å². The van der Waals surface area contributed by atoms with Crippen molar-refractivity contribution in [3.8, 4) is 11.3 Å². The number of halogens is 2. The van der Waals surface area contributed by atoms with E-state index < -0.39 is 0 Å². The van der Waals surface area contributed by atoms with Gasteiger partial charge in [0, 0.05) is 18.0 Å². The molecule has 2 aromatic heterocycles. The summed E-state index contributed by atoms with van der Waals surface area (Å²) in [6, 6.07) is 7.75. The molecule has 0 aliphatic heterocycles. The van der Waals surface area contributed by atoms with Crippen LogP contribution in [-0.2, 0) is 0 Å². The first-order valence-corrected chi connectivity index (χ1v) is 5.54. The summed E-state index contributed by atoms with van der Waals surface area (Å²) in [5.74, 6) is -0.560. The molecule has 1 aromatic carbocycles. The smallest absolute Gasteiger partial charge is 0.142 e. The molecule has 0 atom stereocenters. The Morgan fingerprint density at radius 1 is 1.06 bits per heavy atom. The van der Waals surface area contributed by atoms with E-state index in [9.17, 15) is 8.78 Å². The fourth-order valence-corrected chi connectivity index (χ4v) is 1.86. The Morgan fingerprint density at radius 2 is 1.78 bits per heavy atom. The van der Waals surface area contributed by atoms with Gasteiger partial charge in [-0.25, -0.2) is 13.8 Å². The minimum Gasteiger partial charge on any atom is -0.303 e. The van der Waals surface area contributed by atoms with Gasteiger partial charge in [0.05, 0.1) is 5.69 Å². The van der Waals surface area contributed by atoms with Gasteiger partial charge in [0.25, 0.3) is 0 Å². The maximum Gasteiger partial charge on any atom is 0.142 e. The molecule has 0 bridgehead atoms. The fraction of sp³-hybridized carbons (Fsp3) is 0.0714. The van der Waals surface area contributed by atoms with E-state index in [1.54, 1.807) is 35.7 Å². The maximum absolute atomic E-state index is 13.4. The van der Waals surface area contributed by atoms with Crippen molar-refractivity contribution >= 4 is 5.65 Å². The van der Waals surface area contributed by atoms with Crippen molar-refractivity contribution in [3.63, 3.8) is 0 Å². The summed E-state index contributed by atoms with van der Waals surface area (Å²) in [4.78, 5) is 4.39. The minimum absolute atomic E-state index is 0.273. The quantitative estimate of drug-likeness (QED) is 0.639. The molecule has 0 saturated heterocycles. The van der Waals surface area contributed by atoms with E-state index in [1.807, 2.05) is 0 Å². The standard InChI is InChI=1S/C14H10F2N2/c1-9-6-14-17-13(8-18(14)7-12(9)16)10-2-4-11(15)5-3-10/h2-8H,1H3. The largest absolute Gasteiger partial charge is 0.303 e. The predicted molar refractivity (Wildman–Crippen MR) is 65.3 cm³/mol. The maximum atomic E-state index is 13.4. The normalized spacial score (nSPS) is 11.1. The first-order valence-electron chi connectivity index (χ1n) is 5.54. The summed E-state index contributed by atoms with van der Waals surface area (Å²) in [5.41, 5.74) is 2.73. The number of hydrogen-bond acceptors (Lipinski definition) is 1. The zero-order valence-electron chi connectivity index (χ0n) is 9.69. The summed E-state index contributed by atoms with van der Waals surface area (Å²) in [5, 5.41) is 0. The molecule has 3 aromatic rings. The molecule has 0 amide bonds. The Hall–Kier alpha value is -2.23. The molecule has 0 spiro atoms. The molecule has 4 heteroatoms. The number of hydrogen-bond donors (Lipinski definition) is 0. The molecule has 0 radical (unpaired) electrons. The van der Waals surface area contributed by atoms with Crippen LogP contribution in [0.5, 0.6) is 0 Å². The molecule has 0 aliphatic rings. The lowest BCUT2D eigenvalue weighted by atomic mass is 10.2. The second-order valence-electron chi connectivity index (χ2n) is 4.20. The first kappa shape index (κ1) is 10.9. The van der Waals surface area contributed by atoms with Gasteiger partial charge in [0.1, 0.15) is 17.3 Å². The van der Waals surface area contributed by atoms with Gasteiger partial charge in [-0.05, 0) is 42.8 Å². The van der Waals surface area contributed by atoms with Gasteiger partial charge in [0.2, 0.25) is 0 Å². The third-order valence-electron chi connectivity index (χ3n) is 2.88. The molecule has 0 aliphatic carbocycles. The number of rotatable bonds is 1. The molecule has 0 N–H and O–H groups in total. The number of aryl methyl sites for hydroxylation is 1. The predicted octanol–water partition coefficient (Wildman–Crippen LogP) is 3.59. The fourth-order valence-electron chi connectivity index (χ4n) is 1.86. The van der Waals surface area contributed by atoms with Crippen molar-refractivity contribution in [2.45, 2.75) is 6.92 Å². The zero-order valence-corrected chi connectivity index (χ0v) is 9.69. The van der Waals surface area contributed by atoms with E-state index in [0.29, 0.717) is 16.9 Å². The number of pyridine rings is 1. The highest BCUT2D eigenvalue weighted by atomic mass is 19.1. The second-order valence-corrected chi connectivity index (χ2v) is 4.20. The van der Waals surface area contributed by atoms with Crippen LogP contribution in [0.4, 0.5) is 8.78 Å². The molecular weight excluding hydrogens is 234 g/mol. The summed E-state index contributed by atoms with van der Waals surface area (Å²) >= 11 is 0. The van der Waals surface area contributed by atoms with Crippen molar-refractivity contribution in [1.29, 1.82) is 0 Å². The van der Waals surface area contributed by atoms with Crippen LogP contribution in [0.1, 0.15) is 5.56 Å². The van der Waals surface area contributed by atoms with E-state index >= 15 is 0 Å². The monoisotopic (exact) mass is 244 g/mol. The van der Waals surface area contributed by atoms with Crippen molar-refractivity contribution in [3.05, 3.63) is 59.9 Å². The third kappa shape index (κ3) is 1.76. The molecule has 0 fully saturated rings. The van der Waals surface area contributed by atoms with Crippen LogP contribution < -0.4 is 0 Å². The van der Waals surface area contributed by atoms with Crippen LogP contribution in [0.15, 0.2) is 42.7 Å². The van der Waals surface area contributed by atoms with Gasteiger partial charge >= 0.3 is 0 Å². The lowest BCUT2D eigenvalue weighted by molar-refractivity contribution is 0.610. The highest BCUT2D eigenvalue weighted by Crippen LogP contribution is 2.20. The van der Waals surface area contributed by atoms with Gasteiger partial charge in [0.15, 0.2) is 0 Å². The van der Waals surface area contributed by atoms with Crippen LogP contribution in [0, 0.1) is 18.6 Å². The Balaban J connectivity index is 2.16. The molecule has 18 heavy (non-hydrogen) atoms. The number of fused-ring (bicyclic) bond motifs is 1. The third-order valence-corrected chi connectivity index (χ3v) is 2.88. The minimum atomic E-state index is -0.288. The van der Waals surface area contributed by atoms with E-state index in [2.05, 4.69) is 4.98 Å². The second kappa shape index (κ2) is 3.91. The topological polar surface area (TPSA) is 17.3 Å². The Labute approximate surface area is 103 Å². The lowest BCUT2D eigenvalue weighted by Gasteiger charge is -1.96. The molecular formula is C14H10F2N2. The lowest BCUT2D eigenvalue weighted by Crippen LogP contribution is -1.88. The Morgan fingerprint density at radius 3 is 2.50 bits per heavy atom. The Kier molecular flexibility index (Phi) is 2.37. The summed E-state index contributed by atoms with van der Waals surface area (Å²) < 4.78 is 27.9. The van der Waals surface area contributed by atoms with E-state index in [4.69, 9.17) is 0 Å². The van der Waals surface area contributed by atoms with E-state index in [1.165, 1.54) is 18.3 Å². The van der Waals surface area contributed by atoms with Crippen molar-refractivity contribution in [1.82, 2.24) is 9.38 Å². The summed E-state index contributed by atoms with van der Waals surface area (Å²) in [6.45, 7) is 1.70. The average Bonchev–Trinajstić information content (AvgIpc) is 2.73. The number of aromatic nitrogens is 2. The van der Waals surface area contributed by atoms with Crippen LogP contribution in [0.25, 0.3) is 16.9 Å². The van der Waals surface area contributed by atoms with Crippen molar-refractivity contribution in [2.24, 2.45) is 0 Å². The van der Waals surface area contributed by atoms with Gasteiger partial charge < -0.3 is 4.40 Å². The molecule has 0 saturated carbocycles. The molecule has 2 heterocycles. The van der Waals surface area contributed by atoms with Gasteiger partial charge in [-0.2, -0.15) is 0 Å². The molecule has 3 rings (SSSR count). The average molecular weight is 244 g/mol. The highest BCUT2D eigenvalue weighted by molar-refractivity contribution is 5.62. The van der Waals surface area contributed by atoms with Gasteiger partial charge in [-0.3, -0.25) is 0 Å². The van der Waals surface area contributed by atoms with E-state index in [-0.39, 0.29) is 11.6 Å². The highest BCUT2D eigenvalue weighted by Gasteiger charge is 2.07. The van der Waals surface area contributed by atoms with Gasteiger partial charge in [-0.15, -0.1) is 0 Å². The SMILES string of the molecule is Cc1cc2nc(-c3ccc(F)cc3)cn2cc1F. The van der Waals surface area contributed by atoms with Crippen LogP contribution in [0.2, 0.25) is 0 Å². The van der Waals surface area contributed by atoms with Crippen molar-refractivity contribution in [2.75, 3.05) is 0 Å². The van der Waals surface area contributed by atoms with E-state index in [0.717, 1.165) is 5.56 Å². The zero-order chi connectivity index (χ0) is 12.7. The van der Waals surface area contributed by atoms with Crippen molar-refractivity contribution < 1.29 is 8.78 Å². The molecule has 90 valence electrons. The summed E-state index contributed by atoms with van der Waals surface area (Å²) in [6.07, 6.45) is 3.12. The van der Waals surface area contributed by atoms with Gasteiger partial charge in [-0.1, -0.05) is 0 Å². The number of nitrogens with zero attached hydrogens (tertiary/aromatic N) is 2. The van der Waals surface area contributed by atoms with Crippen LogP contribution in [0.3, 0.4) is 0 Å². The molecule has 0 unspecified atom stereocenters. The first-order chi connectivity index (χ1) is 8.63. The number of imidazole rings is 1. The summed E-state index contributed by atoms with van der Waals surface area (Å²) in [7, 11) is 0. The van der Waals surface area contributed by atoms with Crippen LogP contribution in [-0.4, -0.2) is 9.38 Å².